The number of sulfonamides is 1. The maximum Gasteiger partial charge on any atom is 0.390 e. The van der Waals surface area contributed by atoms with Gasteiger partial charge in [0, 0.05) is 6.04 Å². The second-order valence-corrected chi connectivity index (χ2v) is 6.55. The van der Waals surface area contributed by atoms with Gasteiger partial charge in [-0.3, -0.25) is 0 Å². The maximum absolute atomic E-state index is 12.2. The molecule has 0 bridgehead atoms. The van der Waals surface area contributed by atoms with Gasteiger partial charge in [-0.1, -0.05) is 12.1 Å². The molecular formula is C13H19F3N2O2S. The zero-order valence-corrected chi connectivity index (χ0v) is 12.7. The third-order valence-corrected chi connectivity index (χ3v) is 4.40. The van der Waals surface area contributed by atoms with Gasteiger partial charge in [-0.25, -0.2) is 13.1 Å². The molecule has 0 spiro atoms. The quantitative estimate of drug-likeness (QED) is 0.807. The Morgan fingerprint density at radius 3 is 2.24 bits per heavy atom. The molecule has 2 N–H and O–H groups in total. The Morgan fingerprint density at radius 1 is 1.19 bits per heavy atom. The van der Waals surface area contributed by atoms with E-state index >= 15 is 0 Å². The standard InChI is InChI=1S/C13H19F3N2O2S/c1-10(9-13(14,15)16)18-21(19,20)12-5-3-11(4-6-12)7-8-17-2/h3-6,10,17-18H,7-9H2,1-2H3. The van der Waals surface area contributed by atoms with E-state index in [0.717, 1.165) is 18.5 Å². The number of hydrogen-bond acceptors (Lipinski definition) is 3. The summed E-state index contributed by atoms with van der Waals surface area (Å²) in [6.07, 6.45) is -4.86. The van der Waals surface area contributed by atoms with E-state index in [2.05, 4.69) is 5.32 Å². The molecule has 0 aliphatic rings. The van der Waals surface area contributed by atoms with E-state index in [-0.39, 0.29) is 4.90 Å². The van der Waals surface area contributed by atoms with Gasteiger partial charge in [0.25, 0.3) is 0 Å². The SMILES string of the molecule is CNCCc1ccc(S(=O)(=O)NC(C)CC(F)(F)F)cc1. The summed E-state index contributed by atoms with van der Waals surface area (Å²) in [6.45, 7) is 1.94. The van der Waals surface area contributed by atoms with Crippen molar-refractivity contribution < 1.29 is 21.6 Å². The van der Waals surface area contributed by atoms with Crippen LogP contribution in [0.25, 0.3) is 0 Å². The lowest BCUT2D eigenvalue weighted by atomic mass is 10.1. The lowest BCUT2D eigenvalue weighted by Gasteiger charge is -2.16. The summed E-state index contributed by atoms with van der Waals surface area (Å²) < 4.78 is 62.6. The molecule has 1 aromatic carbocycles. The number of benzene rings is 1. The van der Waals surface area contributed by atoms with E-state index < -0.39 is 28.7 Å². The molecule has 0 amide bonds. The van der Waals surface area contributed by atoms with Crippen molar-refractivity contribution in [1.82, 2.24) is 10.0 Å². The summed E-state index contributed by atoms with van der Waals surface area (Å²) >= 11 is 0. The van der Waals surface area contributed by atoms with Crippen LogP contribution in [0.15, 0.2) is 29.2 Å². The van der Waals surface area contributed by atoms with E-state index in [1.807, 2.05) is 11.8 Å². The topological polar surface area (TPSA) is 58.2 Å². The molecule has 0 saturated carbocycles. The number of nitrogens with one attached hydrogen (secondary N) is 2. The third kappa shape index (κ3) is 6.45. The molecule has 0 heterocycles. The Bertz CT molecular complexity index is 542. The summed E-state index contributed by atoms with van der Waals surface area (Å²) in [5, 5.41) is 2.97. The van der Waals surface area contributed by atoms with Gasteiger partial charge >= 0.3 is 6.18 Å². The lowest BCUT2D eigenvalue weighted by molar-refractivity contribution is -0.137. The van der Waals surface area contributed by atoms with Gasteiger partial charge in [0.2, 0.25) is 10.0 Å². The second-order valence-electron chi connectivity index (χ2n) is 4.84. The maximum atomic E-state index is 12.2. The summed E-state index contributed by atoms with van der Waals surface area (Å²) in [4.78, 5) is -0.0373. The van der Waals surface area contributed by atoms with Crippen molar-refractivity contribution in [3.05, 3.63) is 29.8 Å². The van der Waals surface area contributed by atoms with Gasteiger partial charge in [-0.15, -0.1) is 0 Å². The highest BCUT2D eigenvalue weighted by Gasteiger charge is 2.31. The van der Waals surface area contributed by atoms with Gasteiger partial charge in [0.05, 0.1) is 11.3 Å². The molecule has 1 unspecified atom stereocenters. The van der Waals surface area contributed by atoms with Crippen LogP contribution in [0.2, 0.25) is 0 Å². The number of alkyl halides is 3. The average Bonchev–Trinajstić information content (AvgIpc) is 2.33. The highest BCUT2D eigenvalue weighted by Crippen LogP contribution is 2.22. The predicted octanol–water partition coefficient (Wildman–Crippen LogP) is 2.07. The Morgan fingerprint density at radius 2 is 1.76 bits per heavy atom. The van der Waals surface area contributed by atoms with E-state index in [1.165, 1.54) is 19.1 Å². The number of likely N-dealkylation sites (N-methyl/N-ethyl adjacent to an activating group) is 1. The first-order chi connectivity index (χ1) is 9.64. The zero-order chi connectivity index (χ0) is 16.1. The molecule has 0 aromatic heterocycles. The fraction of sp³-hybridized carbons (Fsp3) is 0.538. The number of hydrogen-bond donors (Lipinski definition) is 2. The fourth-order valence-electron chi connectivity index (χ4n) is 1.83. The van der Waals surface area contributed by atoms with Gasteiger partial charge in [0.15, 0.2) is 0 Å². The molecule has 0 fully saturated rings. The van der Waals surface area contributed by atoms with Crippen LogP contribution >= 0.6 is 0 Å². The molecule has 0 radical (unpaired) electrons. The summed E-state index contributed by atoms with van der Waals surface area (Å²) in [5.74, 6) is 0. The monoisotopic (exact) mass is 324 g/mol. The van der Waals surface area contributed by atoms with Crippen LogP contribution < -0.4 is 10.0 Å². The minimum absolute atomic E-state index is 0.0373. The van der Waals surface area contributed by atoms with Crippen molar-refractivity contribution in [3.63, 3.8) is 0 Å². The average molecular weight is 324 g/mol. The van der Waals surface area contributed by atoms with Crippen molar-refractivity contribution in [2.75, 3.05) is 13.6 Å². The number of halogens is 3. The Hall–Kier alpha value is -1.12. The van der Waals surface area contributed by atoms with Crippen molar-refractivity contribution in [1.29, 1.82) is 0 Å². The Balaban J connectivity index is 2.74. The zero-order valence-electron chi connectivity index (χ0n) is 11.9. The lowest BCUT2D eigenvalue weighted by Crippen LogP contribution is -2.35. The normalized spacial score (nSPS) is 14.1. The van der Waals surface area contributed by atoms with Crippen LogP contribution in [-0.2, 0) is 16.4 Å². The smallest absolute Gasteiger partial charge is 0.319 e. The van der Waals surface area contributed by atoms with Crippen molar-refractivity contribution in [2.24, 2.45) is 0 Å². The molecular weight excluding hydrogens is 305 g/mol. The molecule has 1 rings (SSSR count). The van der Waals surface area contributed by atoms with Crippen LogP contribution in [0.1, 0.15) is 18.9 Å². The van der Waals surface area contributed by atoms with Crippen LogP contribution in [-0.4, -0.2) is 34.2 Å². The Labute approximate surface area is 122 Å². The molecule has 1 atom stereocenters. The Kier molecular flexibility index (Phi) is 6.18. The highest BCUT2D eigenvalue weighted by atomic mass is 32.2. The summed E-state index contributed by atoms with van der Waals surface area (Å²) in [7, 11) is -2.12. The van der Waals surface area contributed by atoms with E-state index in [9.17, 15) is 21.6 Å². The fourth-order valence-corrected chi connectivity index (χ4v) is 3.07. The largest absolute Gasteiger partial charge is 0.390 e. The van der Waals surface area contributed by atoms with Gasteiger partial charge in [-0.2, -0.15) is 13.2 Å². The van der Waals surface area contributed by atoms with Gasteiger partial charge in [-0.05, 0) is 44.6 Å². The third-order valence-electron chi connectivity index (χ3n) is 2.79. The molecule has 8 heteroatoms. The summed E-state index contributed by atoms with van der Waals surface area (Å²) in [6, 6.07) is 4.89. The minimum Gasteiger partial charge on any atom is -0.319 e. The van der Waals surface area contributed by atoms with E-state index in [1.54, 1.807) is 12.1 Å². The first kappa shape index (κ1) is 17.9. The van der Waals surface area contributed by atoms with Gasteiger partial charge < -0.3 is 5.32 Å². The first-order valence-electron chi connectivity index (χ1n) is 6.46. The van der Waals surface area contributed by atoms with Crippen molar-refractivity contribution in [3.8, 4) is 0 Å². The number of rotatable bonds is 7. The molecule has 0 saturated heterocycles. The minimum atomic E-state index is -4.40. The van der Waals surface area contributed by atoms with E-state index in [0.29, 0.717) is 0 Å². The van der Waals surface area contributed by atoms with Crippen molar-refractivity contribution in [2.45, 2.75) is 36.9 Å². The molecule has 120 valence electrons. The summed E-state index contributed by atoms with van der Waals surface area (Å²) in [5.41, 5.74) is 0.951. The molecule has 0 aliphatic carbocycles. The molecule has 4 nitrogen and oxygen atoms in total. The molecule has 1 aromatic rings. The van der Waals surface area contributed by atoms with Crippen LogP contribution in [0.4, 0.5) is 13.2 Å². The van der Waals surface area contributed by atoms with E-state index in [4.69, 9.17) is 0 Å². The van der Waals surface area contributed by atoms with Crippen molar-refractivity contribution >= 4 is 10.0 Å². The highest BCUT2D eigenvalue weighted by molar-refractivity contribution is 7.89. The van der Waals surface area contributed by atoms with Crippen LogP contribution in [0.5, 0.6) is 0 Å². The predicted molar refractivity (Wildman–Crippen MR) is 74.5 cm³/mol. The van der Waals surface area contributed by atoms with Gasteiger partial charge in [0.1, 0.15) is 0 Å². The second kappa shape index (κ2) is 7.24. The first-order valence-corrected chi connectivity index (χ1v) is 7.95. The van der Waals surface area contributed by atoms with Crippen LogP contribution in [0, 0.1) is 0 Å². The van der Waals surface area contributed by atoms with Crippen LogP contribution in [0.3, 0.4) is 0 Å². The molecule has 21 heavy (non-hydrogen) atoms. The molecule has 0 aliphatic heterocycles.